The highest BCUT2D eigenvalue weighted by molar-refractivity contribution is 6.05. The minimum atomic E-state index is -0.451. The van der Waals surface area contributed by atoms with E-state index in [1.807, 2.05) is 44.2 Å². The number of anilines is 2. The molecule has 0 fully saturated rings. The molecule has 0 radical (unpaired) electrons. The molecule has 4 N–H and O–H groups in total. The van der Waals surface area contributed by atoms with Crippen LogP contribution in [0.1, 0.15) is 41.8 Å². The van der Waals surface area contributed by atoms with E-state index >= 15 is 0 Å². The van der Waals surface area contributed by atoms with Crippen LogP contribution in [-0.2, 0) is 25.7 Å². The van der Waals surface area contributed by atoms with Crippen LogP contribution < -0.4 is 16.0 Å². The zero-order valence-electron chi connectivity index (χ0n) is 22.3. The molecular weight excluding hydrogens is 498 g/mol. The molecule has 3 aromatic rings. The third-order valence-corrected chi connectivity index (χ3v) is 5.51. The molecule has 1 aromatic heterocycles. The lowest BCUT2D eigenvalue weighted by molar-refractivity contribution is -0.319. The number of carbonyl (C=O) groups is 2. The molecule has 0 aliphatic carbocycles. The van der Waals surface area contributed by atoms with Crippen LogP contribution in [0.3, 0.4) is 0 Å². The summed E-state index contributed by atoms with van der Waals surface area (Å²) in [6, 6.07) is 20.0. The molecule has 0 spiro atoms. The van der Waals surface area contributed by atoms with Gasteiger partial charge in [-0.3, -0.25) is 19.9 Å². The van der Waals surface area contributed by atoms with Crippen molar-refractivity contribution < 1.29 is 24.1 Å². The normalized spacial score (nSPS) is 10.7. The smallest absolute Gasteiger partial charge is 0.307 e. The van der Waals surface area contributed by atoms with Crippen molar-refractivity contribution in [1.29, 1.82) is 5.41 Å². The van der Waals surface area contributed by atoms with Crippen LogP contribution in [0.5, 0.6) is 0 Å². The largest absolute Gasteiger partial charge is 0.463 e. The van der Waals surface area contributed by atoms with E-state index in [0.29, 0.717) is 29.9 Å². The van der Waals surface area contributed by atoms with Crippen LogP contribution in [0.2, 0.25) is 0 Å². The van der Waals surface area contributed by atoms with Gasteiger partial charge in [-0.1, -0.05) is 18.2 Å². The molecule has 206 valence electrons. The number of amidine groups is 1. The van der Waals surface area contributed by atoms with Gasteiger partial charge in [-0.2, -0.15) is 0 Å². The second-order valence-electron chi connectivity index (χ2n) is 8.95. The summed E-state index contributed by atoms with van der Waals surface area (Å²) in [7, 11) is 0. The molecule has 0 saturated carbocycles. The highest BCUT2D eigenvalue weighted by Gasteiger charge is 2.20. The van der Waals surface area contributed by atoms with Gasteiger partial charge in [-0.15, -0.1) is 0 Å². The van der Waals surface area contributed by atoms with Gasteiger partial charge in [-0.05, 0) is 74.4 Å². The van der Waals surface area contributed by atoms with Crippen LogP contribution in [0.4, 0.5) is 11.5 Å². The molecule has 0 unspecified atom stereocenters. The lowest BCUT2D eigenvalue weighted by Crippen LogP contribution is -2.34. The first-order valence-corrected chi connectivity index (χ1v) is 12.8. The monoisotopic (exact) mass is 533 g/mol. The van der Waals surface area contributed by atoms with Gasteiger partial charge >= 0.3 is 5.97 Å². The van der Waals surface area contributed by atoms with Crippen LogP contribution >= 0.6 is 0 Å². The summed E-state index contributed by atoms with van der Waals surface area (Å²) in [6.45, 7) is 4.61. The lowest BCUT2D eigenvalue weighted by Gasteiger charge is -2.22. The summed E-state index contributed by atoms with van der Waals surface area (Å²) in [4.78, 5) is 41.5. The first-order valence-electron chi connectivity index (χ1n) is 12.8. The Balaban J connectivity index is 1.58. The Labute approximate surface area is 228 Å². The van der Waals surface area contributed by atoms with E-state index in [0.717, 1.165) is 11.3 Å². The summed E-state index contributed by atoms with van der Waals surface area (Å²) in [5.74, 6) is -0.232. The minimum Gasteiger partial charge on any atom is -0.463 e. The molecule has 1 heterocycles. The summed E-state index contributed by atoms with van der Waals surface area (Å²) in [6.07, 6.45) is 2.21. The van der Waals surface area contributed by atoms with Gasteiger partial charge in [0.05, 0.1) is 12.5 Å². The second kappa shape index (κ2) is 15.2. The highest BCUT2D eigenvalue weighted by atomic mass is 17.2. The van der Waals surface area contributed by atoms with E-state index in [-0.39, 0.29) is 44.0 Å². The van der Waals surface area contributed by atoms with Crippen molar-refractivity contribution >= 4 is 29.2 Å². The quantitative estimate of drug-likeness (QED) is 0.0666. The maximum atomic E-state index is 13.5. The number of pyridine rings is 1. The number of hydrogen-bond donors (Lipinski definition) is 3. The third-order valence-electron chi connectivity index (χ3n) is 5.51. The fourth-order valence-corrected chi connectivity index (χ4v) is 3.62. The zero-order valence-corrected chi connectivity index (χ0v) is 22.3. The molecule has 2 aromatic carbocycles. The number of benzene rings is 2. The Hall–Kier alpha value is -4.28. The predicted octanol–water partition coefficient (Wildman–Crippen LogP) is 3.96. The topological polar surface area (TPSA) is 140 Å². The molecular formula is C29H35N5O5. The summed E-state index contributed by atoms with van der Waals surface area (Å²) >= 11 is 0. The van der Waals surface area contributed by atoms with Gasteiger partial charge in [0.25, 0.3) is 5.91 Å². The van der Waals surface area contributed by atoms with Gasteiger partial charge in [0, 0.05) is 36.1 Å². The Morgan fingerprint density at radius 3 is 2.51 bits per heavy atom. The maximum absolute atomic E-state index is 13.5. The van der Waals surface area contributed by atoms with Gasteiger partial charge in [0.2, 0.25) is 0 Å². The fraction of sp³-hybridized carbons (Fsp3) is 0.310. The Morgan fingerprint density at radius 1 is 1.03 bits per heavy atom. The maximum Gasteiger partial charge on any atom is 0.307 e. The number of nitrogen functional groups attached to an aromatic ring is 1. The zero-order chi connectivity index (χ0) is 28.0. The van der Waals surface area contributed by atoms with E-state index in [2.05, 4.69) is 10.3 Å². The van der Waals surface area contributed by atoms with Crippen molar-refractivity contribution in [2.75, 3.05) is 36.5 Å². The lowest BCUT2D eigenvalue weighted by atomic mass is 10.1. The van der Waals surface area contributed by atoms with Gasteiger partial charge in [0.1, 0.15) is 24.9 Å². The van der Waals surface area contributed by atoms with E-state index in [9.17, 15) is 9.59 Å². The molecule has 0 saturated heterocycles. The molecule has 10 heteroatoms. The van der Waals surface area contributed by atoms with Crippen LogP contribution in [-0.4, -0.2) is 55.1 Å². The number of hydrogen-bond acceptors (Lipinski definition) is 8. The van der Waals surface area contributed by atoms with Crippen molar-refractivity contribution in [3.05, 3.63) is 89.6 Å². The van der Waals surface area contributed by atoms with E-state index in [1.54, 1.807) is 42.6 Å². The number of aromatic nitrogens is 1. The van der Waals surface area contributed by atoms with Gasteiger partial charge < -0.3 is 15.8 Å². The van der Waals surface area contributed by atoms with Gasteiger partial charge in [0.15, 0.2) is 0 Å². The summed E-state index contributed by atoms with van der Waals surface area (Å²) in [5, 5.41) is 10.8. The first kappa shape index (κ1) is 29.3. The van der Waals surface area contributed by atoms with Crippen LogP contribution in [0.25, 0.3) is 0 Å². The number of esters is 1. The Bertz CT molecular complexity index is 1220. The number of amides is 1. The van der Waals surface area contributed by atoms with Crippen LogP contribution in [0.15, 0.2) is 72.9 Å². The molecule has 0 atom stereocenters. The molecule has 1 amide bonds. The SMILES string of the molecule is CC(C)OOCCOC(=O)CCN(C(=O)c1cccc(CCNc2ccc(C(=N)N)cc2)c1)c1ccccn1. The number of ether oxygens (including phenoxy) is 1. The van der Waals surface area contributed by atoms with Crippen LogP contribution in [0, 0.1) is 5.41 Å². The number of nitrogens with zero attached hydrogens (tertiary/aromatic N) is 2. The molecule has 0 aliphatic heterocycles. The average Bonchev–Trinajstić information content (AvgIpc) is 2.93. The standard InChI is InChI=1S/C29H35N5O5/c1-21(2)39-38-19-18-37-27(35)14-17-34(26-8-3-4-15-33-26)29(36)24-7-5-6-22(20-24)13-16-32-25-11-9-23(10-12-25)28(30)31/h3-12,15,20-21,32H,13-14,16-19H2,1-2H3,(H3,30,31). The van der Waals surface area contributed by atoms with Crippen molar-refractivity contribution in [2.24, 2.45) is 5.73 Å². The van der Waals surface area contributed by atoms with E-state index in [1.165, 1.54) is 4.90 Å². The Kier molecular flexibility index (Phi) is 11.4. The number of carbonyl (C=O) groups excluding carboxylic acids is 2. The highest BCUT2D eigenvalue weighted by Crippen LogP contribution is 2.17. The average molecular weight is 534 g/mol. The van der Waals surface area contributed by atoms with Crippen molar-refractivity contribution in [2.45, 2.75) is 32.8 Å². The number of nitrogens with one attached hydrogen (secondary N) is 2. The second-order valence-corrected chi connectivity index (χ2v) is 8.95. The number of rotatable bonds is 15. The first-order chi connectivity index (χ1) is 18.8. The minimum absolute atomic E-state index is 0.000614. The third kappa shape index (κ3) is 9.84. The Morgan fingerprint density at radius 2 is 1.82 bits per heavy atom. The van der Waals surface area contributed by atoms with Crippen molar-refractivity contribution in [3.8, 4) is 0 Å². The van der Waals surface area contributed by atoms with Gasteiger partial charge in [-0.25, -0.2) is 14.8 Å². The fourth-order valence-electron chi connectivity index (χ4n) is 3.62. The molecule has 39 heavy (non-hydrogen) atoms. The van der Waals surface area contributed by atoms with Crippen molar-refractivity contribution in [3.63, 3.8) is 0 Å². The van der Waals surface area contributed by atoms with Crippen molar-refractivity contribution in [1.82, 2.24) is 4.98 Å². The molecule has 0 bridgehead atoms. The predicted molar refractivity (Wildman–Crippen MR) is 150 cm³/mol. The molecule has 0 aliphatic rings. The van der Waals surface area contributed by atoms with E-state index < -0.39 is 5.97 Å². The summed E-state index contributed by atoms with van der Waals surface area (Å²) in [5.41, 5.74) is 8.57. The molecule has 10 nitrogen and oxygen atoms in total. The molecule has 3 rings (SSSR count). The summed E-state index contributed by atoms with van der Waals surface area (Å²) < 4.78 is 5.19. The number of nitrogens with two attached hydrogens (primary N) is 1. The van der Waals surface area contributed by atoms with E-state index in [4.69, 9.17) is 25.7 Å².